The van der Waals surface area contributed by atoms with Crippen molar-refractivity contribution in [2.45, 2.75) is 71.4 Å². The summed E-state index contributed by atoms with van der Waals surface area (Å²) in [6, 6.07) is 1.60. The Morgan fingerprint density at radius 1 is 1.19 bits per heavy atom. The molecule has 1 aliphatic rings. The molecule has 0 saturated carbocycles. The Kier molecular flexibility index (Phi) is 6.37. The molecule has 2 N–H and O–H groups in total. The Morgan fingerprint density at radius 3 is 2.38 bits per heavy atom. The minimum absolute atomic E-state index is 0.800. The van der Waals surface area contributed by atoms with E-state index in [1.807, 2.05) is 0 Å². The zero-order valence-corrected chi connectivity index (χ0v) is 11.4. The van der Waals surface area contributed by atoms with E-state index < -0.39 is 0 Å². The van der Waals surface area contributed by atoms with Crippen molar-refractivity contribution < 1.29 is 0 Å². The molecule has 2 nitrogen and oxygen atoms in total. The van der Waals surface area contributed by atoms with Crippen LogP contribution in [-0.4, -0.2) is 30.1 Å². The smallest absolute Gasteiger partial charge is 0.00697 e. The quantitative estimate of drug-likeness (QED) is 0.754. The van der Waals surface area contributed by atoms with E-state index in [2.05, 4.69) is 25.7 Å². The maximum Gasteiger partial charge on any atom is 0.00697 e. The van der Waals surface area contributed by atoms with Crippen LogP contribution in [0.25, 0.3) is 0 Å². The van der Waals surface area contributed by atoms with Crippen LogP contribution in [0.3, 0.4) is 0 Å². The molecule has 2 heteroatoms. The normalized spacial score (nSPS) is 29.2. The van der Waals surface area contributed by atoms with Crippen LogP contribution in [0.4, 0.5) is 0 Å². The van der Waals surface area contributed by atoms with Crippen molar-refractivity contribution in [2.24, 2.45) is 11.7 Å². The average molecular weight is 226 g/mol. The van der Waals surface area contributed by atoms with Crippen molar-refractivity contribution in [2.75, 3.05) is 13.1 Å². The third-order valence-corrected chi connectivity index (χ3v) is 4.15. The number of rotatable bonds is 6. The van der Waals surface area contributed by atoms with Crippen LogP contribution in [0.1, 0.15) is 59.3 Å². The SMILES string of the molecule is CC(CCN)CCCN1C(C)CCCC1C. The van der Waals surface area contributed by atoms with Crippen molar-refractivity contribution in [3.63, 3.8) is 0 Å². The van der Waals surface area contributed by atoms with E-state index in [0.29, 0.717) is 0 Å². The molecule has 3 atom stereocenters. The summed E-state index contributed by atoms with van der Waals surface area (Å²) in [5.41, 5.74) is 5.58. The molecule has 3 unspecified atom stereocenters. The molecule has 16 heavy (non-hydrogen) atoms. The molecule has 1 rings (SSSR count). The van der Waals surface area contributed by atoms with Gasteiger partial charge in [0.25, 0.3) is 0 Å². The van der Waals surface area contributed by atoms with Gasteiger partial charge in [-0.3, -0.25) is 4.90 Å². The number of hydrogen-bond acceptors (Lipinski definition) is 2. The Balaban J connectivity index is 2.19. The molecule has 1 aliphatic heterocycles. The third kappa shape index (κ3) is 4.42. The molecule has 0 bridgehead atoms. The van der Waals surface area contributed by atoms with Gasteiger partial charge in [0.05, 0.1) is 0 Å². The van der Waals surface area contributed by atoms with Gasteiger partial charge in [-0.05, 0) is 65.0 Å². The highest BCUT2D eigenvalue weighted by atomic mass is 15.2. The van der Waals surface area contributed by atoms with Crippen LogP contribution >= 0.6 is 0 Å². The largest absolute Gasteiger partial charge is 0.330 e. The first-order chi connectivity index (χ1) is 7.65. The summed E-state index contributed by atoms with van der Waals surface area (Å²) in [6.07, 6.45) is 8.07. The van der Waals surface area contributed by atoms with Gasteiger partial charge in [-0.15, -0.1) is 0 Å². The summed E-state index contributed by atoms with van der Waals surface area (Å²) < 4.78 is 0. The highest BCUT2D eigenvalue weighted by Gasteiger charge is 2.23. The molecule has 0 radical (unpaired) electrons. The fraction of sp³-hybridized carbons (Fsp3) is 1.00. The summed E-state index contributed by atoms with van der Waals surface area (Å²) in [5.74, 6) is 0.806. The molecule has 1 saturated heterocycles. The number of piperidine rings is 1. The van der Waals surface area contributed by atoms with Crippen molar-refractivity contribution in [1.82, 2.24) is 4.90 Å². The minimum Gasteiger partial charge on any atom is -0.330 e. The first kappa shape index (κ1) is 14.0. The lowest BCUT2D eigenvalue weighted by Gasteiger charge is -2.39. The van der Waals surface area contributed by atoms with Crippen LogP contribution in [0, 0.1) is 5.92 Å². The van der Waals surface area contributed by atoms with Crippen LogP contribution < -0.4 is 5.73 Å². The standard InChI is InChI=1S/C14H30N2/c1-12(9-10-15)6-5-11-16-13(2)7-4-8-14(16)3/h12-14H,4-11,15H2,1-3H3. The summed E-state index contributed by atoms with van der Waals surface area (Å²) >= 11 is 0. The lowest BCUT2D eigenvalue weighted by Crippen LogP contribution is -2.44. The second-order valence-electron chi connectivity index (χ2n) is 5.69. The van der Waals surface area contributed by atoms with Gasteiger partial charge in [-0.1, -0.05) is 13.3 Å². The molecule has 96 valence electrons. The molecule has 0 aromatic heterocycles. The zero-order valence-electron chi connectivity index (χ0n) is 11.4. The predicted molar refractivity (Wildman–Crippen MR) is 71.6 cm³/mol. The third-order valence-electron chi connectivity index (χ3n) is 4.15. The van der Waals surface area contributed by atoms with E-state index in [1.54, 1.807) is 0 Å². The number of nitrogens with zero attached hydrogens (tertiary/aromatic N) is 1. The average Bonchev–Trinajstić information content (AvgIpc) is 2.23. The number of hydrogen-bond donors (Lipinski definition) is 1. The van der Waals surface area contributed by atoms with Crippen molar-refractivity contribution in [3.05, 3.63) is 0 Å². The molecule has 1 fully saturated rings. The Bertz CT molecular complexity index is 172. The molecule has 0 spiro atoms. The first-order valence-corrected chi connectivity index (χ1v) is 7.11. The summed E-state index contributed by atoms with van der Waals surface area (Å²) in [5, 5.41) is 0. The van der Waals surface area contributed by atoms with Crippen LogP contribution in [0.15, 0.2) is 0 Å². The second kappa shape index (κ2) is 7.29. The predicted octanol–water partition coefficient (Wildman–Crippen LogP) is 3.01. The summed E-state index contributed by atoms with van der Waals surface area (Å²) in [4.78, 5) is 2.71. The van der Waals surface area contributed by atoms with Gasteiger partial charge < -0.3 is 5.73 Å². The highest BCUT2D eigenvalue weighted by molar-refractivity contribution is 4.79. The lowest BCUT2D eigenvalue weighted by molar-refractivity contribution is 0.0997. The maximum absolute atomic E-state index is 5.58. The van der Waals surface area contributed by atoms with Gasteiger partial charge >= 0.3 is 0 Å². The fourth-order valence-corrected chi connectivity index (χ4v) is 2.97. The number of likely N-dealkylation sites (tertiary alicyclic amines) is 1. The Labute approximate surface area is 102 Å². The lowest BCUT2D eigenvalue weighted by atomic mass is 9.96. The molecule has 1 heterocycles. The molecule has 0 aromatic carbocycles. The second-order valence-corrected chi connectivity index (χ2v) is 5.69. The molecule has 0 aromatic rings. The monoisotopic (exact) mass is 226 g/mol. The van der Waals surface area contributed by atoms with E-state index >= 15 is 0 Å². The van der Waals surface area contributed by atoms with Crippen molar-refractivity contribution >= 4 is 0 Å². The zero-order chi connectivity index (χ0) is 12.0. The first-order valence-electron chi connectivity index (χ1n) is 7.11. The molecule has 0 aliphatic carbocycles. The summed E-state index contributed by atoms with van der Waals surface area (Å²) in [7, 11) is 0. The van der Waals surface area contributed by atoms with E-state index in [1.165, 1.54) is 45.1 Å². The van der Waals surface area contributed by atoms with Gasteiger partial charge in [-0.2, -0.15) is 0 Å². The highest BCUT2D eigenvalue weighted by Crippen LogP contribution is 2.23. The van der Waals surface area contributed by atoms with Crippen molar-refractivity contribution in [3.8, 4) is 0 Å². The van der Waals surface area contributed by atoms with E-state index in [4.69, 9.17) is 5.73 Å². The molecular weight excluding hydrogens is 196 g/mol. The van der Waals surface area contributed by atoms with E-state index in [9.17, 15) is 0 Å². The van der Waals surface area contributed by atoms with Gasteiger partial charge in [-0.25, -0.2) is 0 Å². The van der Waals surface area contributed by atoms with Gasteiger partial charge in [0.1, 0.15) is 0 Å². The molecular formula is C14H30N2. The fourth-order valence-electron chi connectivity index (χ4n) is 2.97. The van der Waals surface area contributed by atoms with Crippen LogP contribution in [-0.2, 0) is 0 Å². The van der Waals surface area contributed by atoms with Gasteiger partial charge in [0.15, 0.2) is 0 Å². The summed E-state index contributed by atoms with van der Waals surface area (Å²) in [6.45, 7) is 9.24. The van der Waals surface area contributed by atoms with Gasteiger partial charge in [0.2, 0.25) is 0 Å². The van der Waals surface area contributed by atoms with Crippen LogP contribution in [0.5, 0.6) is 0 Å². The Hall–Kier alpha value is -0.0800. The maximum atomic E-state index is 5.58. The van der Waals surface area contributed by atoms with E-state index in [0.717, 1.165) is 24.5 Å². The number of nitrogens with two attached hydrogens (primary N) is 1. The van der Waals surface area contributed by atoms with E-state index in [-0.39, 0.29) is 0 Å². The van der Waals surface area contributed by atoms with Gasteiger partial charge in [0, 0.05) is 12.1 Å². The topological polar surface area (TPSA) is 29.3 Å². The minimum atomic E-state index is 0.800. The van der Waals surface area contributed by atoms with Crippen molar-refractivity contribution in [1.29, 1.82) is 0 Å². The molecule has 0 amide bonds. The van der Waals surface area contributed by atoms with Crippen LogP contribution in [0.2, 0.25) is 0 Å². The Morgan fingerprint density at radius 2 is 1.81 bits per heavy atom.